The molecule has 0 saturated heterocycles. The Morgan fingerprint density at radius 1 is 0.577 bits per heavy atom. The van der Waals surface area contributed by atoms with E-state index in [9.17, 15) is 0 Å². The molecule has 0 atom stereocenters. The molecule has 0 fully saturated rings. The molecule has 5 heteroatoms. The number of aromatic nitrogens is 3. The van der Waals surface area contributed by atoms with Gasteiger partial charge in [0.05, 0.1) is 22.8 Å². The molecule has 3 nitrogen and oxygen atoms in total. The summed E-state index contributed by atoms with van der Waals surface area (Å²) in [7, 11) is 0. The third-order valence-electron chi connectivity index (χ3n) is 3.86. The van der Waals surface area contributed by atoms with Crippen LogP contribution in [0.3, 0.4) is 0 Å². The van der Waals surface area contributed by atoms with Gasteiger partial charge in [-0.05, 0) is 59.7 Å². The molecule has 0 spiro atoms. The second-order valence-electron chi connectivity index (χ2n) is 5.56. The maximum Gasteiger partial charge on any atom is 2.00 e. The molecule has 26 heavy (non-hydrogen) atoms. The van der Waals surface area contributed by atoms with Crippen molar-refractivity contribution in [3.8, 4) is 33.9 Å². The quantitative estimate of drug-likeness (QED) is 0.379. The van der Waals surface area contributed by atoms with E-state index in [-0.39, 0.29) is 17.1 Å². The number of nitrogens with zero attached hydrogens (tertiary/aromatic N) is 3. The summed E-state index contributed by atoms with van der Waals surface area (Å²) in [5.74, 6) is 0. The second-order valence-corrected chi connectivity index (χ2v) is 6.48. The van der Waals surface area contributed by atoms with Crippen LogP contribution < -0.4 is 0 Å². The Hall–Kier alpha value is -2.33. The summed E-state index contributed by atoms with van der Waals surface area (Å²) in [5, 5.41) is 0. The molecular weight excluding hydrogens is 438 g/mol. The zero-order valence-electron chi connectivity index (χ0n) is 13.6. The van der Waals surface area contributed by atoms with E-state index in [1.165, 1.54) is 0 Å². The number of rotatable bonds is 3. The Labute approximate surface area is 171 Å². The summed E-state index contributed by atoms with van der Waals surface area (Å²) in [4.78, 5) is 13.7. The third-order valence-corrected chi connectivity index (χ3v) is 4.39. The fourth-order valence-corrected chi connectivity index (χ4v) is 2.89. The monoisotopic (exact) mass is 450 g/mol. The molecule has 0 N–H and O–H groups in total. The van der Waals surface area contributed by atoms with E-state index in [4.69, 9.17) is 4.98 Å². The van der Waals surface area contributed by atoms with Gasteiger partial charge in [-0.2, -0.15) is 0 Å². The molecule has 0 unspecified atom stereocenters. The van der Waals surface area contributed by atoms with Crippen molar-refractivity contribution in [1.29, 1.82) is 0 Å². The minimum Gasteiger partial charge on any atom is -0.255 e. The summed E-state index contributed by atoms with van der Waals surface area (Å²) < 4.78 is 1.06. The van der Waals surface area contributed by atoms with Crippen molar-refractivity contribution in [2.75, 3.05) is 0 Å². The van der Waals surface area contributed by atoms with Gasteiger partial charge < -0.3 is 0 Å². The van der Waals surface area contributed by atoms with E-state index in [2.05, 4.69) is 50.2 Å². The van der Waals surface area contributed by atoms with Crippen LogP contribution in [0.2, 0.25) is 0 Å². The van der Waals surface area contributed by atoms with Gasteiger partial charge in [0.15, 0.2) is 0 Å². The molecule has 3 aromatic heterocycles. The molecule has 0 aliphatic heterocycles. The van der Waals surface area contributed by atoms with Crippen LogP contribution in [0.1, 0.15) is 0 Å². The summed E-state index contributed by atoms with van der Waals surface area (Å²) >= 11 is 3.49. The molecule has 4 rings (SSSR count). The average Bonchev–Trinajstić information content (AvgIpc) is 2.69. The maximum atomic E-state index is 4.78. The molecule has 1 radical (unpaired) electrons. The van der Waals surface area contributed by atoms with Crippen LogP contribution in [0.5, 0.6) is 0 Å². The zero-order valence-corrected chi connectivity index (χ0v) is 16.1. The van der Waals surface area contributed by atoms with Crippen molar-refractivity contribution in [2.24, 2.45) is 0 Å². The summed E-state index contributed by atoms with van der Waals surface area (Å²) in [6, 6.07) is 24.1. The first-order chi connectivity index (χ1) is 12.3. The standard InChI is InChI=1S/C21H14BrN3.Cu/c22-17-9-7-15(8-10-17)16-13-20(18-5-1-3-11-23-18)25-21(14-16)19-6-2-4-12-24-19;/h1-14H;/q;+2. The Bertz CT molecular complexity index is 933. The number of pyridine rings is 3. The van der Waals surface area contributed by atoms with E-state index < -0.39 is 0 Å². The van der Waals surface area contributed by atoms with E-state index >= 15 is 0 Å². The van der Waals surface area contributed by atoms with Gasteiger partial charge in [0, 0.05) is 16.9 Å². The van der Waals surface area contributed by atoms with Crippen molar-refractivity contribution in [3.63, 3.8) is 0 Å². The number of benzene rings is 1. The Morgan fingerprint density at radius 3 is 1.58 bits per heavy atom. The van der Waals surface area contributed by atoms with Crippen molar-refractivity contribution in [2.45, 2.75) is 0 Å². The fourth-order valence-electron chi connectivity index (χ4n) is 2.63. The first-order valence-corrected chi connectivity index (χ1v) is 8.70. The van der Waals surface area contributed by atoms with Crippen molar-refractivity contribution < 1.29 is 17.1 Å². The Morgan fingerprint density at radius 2 is 1.12 bits per heavy atom. The predicted molar refractivity (Wildman–Crippen MR) is 104 cm³/mol. The molecule has 0 aliphatic carbocycles. The van der Waals surface area contributed by atoms with E-state index in [0.717, 1.165) is 38.4 Å². The van der Waals surface area contributed by atoms with E-state index in [1.807, 2.05) is 48.5 Å². The molecule has 129 valence electrons. The van der Waals surface area contributed by atoms with Gasteiger partial charge in [0.25, 0.3) is 0 Å². The minimum atomic E-state index is 0. The molecule has 3 heterocycles. The van der Waals surface area contributed by atoms with Gasteiger partial charge >= 0.3 is 17.1 Å². The van der Waals surface area contributed by atoms with Gasteiger partial charge in [0.2, 0.25) is 0 Å². The summed E-state index contributed by atoms with van der Waals surface area (Å²) in [6.07, 6.45) is 3.56. The molecule has 0 bridgehead atoms. The fraction of sp³-hybridized carbons (Fsp3) is 0. The Kier molecular flexibility index (Phi) is 5.94. The van der Waals surface area contributed by atoms with Crippen LogP contribution in [-0.2, 0) is 17.1 Å². The Balaban J connectivity index is 0.00000196. The van der Waals surface area contributed by atoms with Gasteiger partial charge in [-0.3, -0.25) is 9.97 Å². The van der Waals surface area contributed by atoms with Crippen LogP contribution in [0.4, 0.5) is 0 Å². The van der Waals surface area contributed by atoms with Crippen molar-refractivity contribution in [3.05, 3.63) is 89.7 Å². The van der Waals surface area contributed by atoms with Gasteiger partial charge in [-0.15, -0.1) is 0 Å². The molecule has 0 aliphatic rings. The van der Waals surface area contributed by atoms with Gasteiger partial charge in [-0.1, -0.05) is 40.2 Å². The molecular formula is C21H14BrCuN3+2. The second kappa shape index (κ2) is 8.37. The molecule has 4 aromatic rings. The predicted octanol–water partition coefficient (Wildman–Crippen LogP) is 5.63. The zero-order chi connectivity index (χ0) is 17.1. The van der Waals surface area contributed by atoms with E-state index in [1.54, 1.807) is 12.4 Å². The van der Waals surface area contributed by atoms with Crippen molar-refractivity contribution >= 4 is 15.9 Å². The van der Waals surface area contributed by atoms with Crippen molar-refractivity contribution in [1.82, 2.24) is 15.0 Å². The summed E-state index contributed by atoms with van der Waals surface area (Å²) in [6.45, 7) is 0. The third kappa shape index (κ3) is 4.07. The van der Waals surface area contributed by atoms with Gasteiger partial charge in [-0.25, -0.2) is 4.98 Å². The van der Waals surface area contributed by atoms with E-state index in [0.29, 0.717) is 0 Å². The smallest absolute Gasteiger partial charge is 0.255 e. The molecule has 0 amide bonds. The van der Waals surface area contributed by atoms with Crippen LogP contribution in [-0.4, -0.2) is 15.0 Å². The average molecular weight is 452 g/mol. The normalized spacial score (nSPS) is 10.2. The maximum absolute atomic E-state index is 4.78. The molecule has 0 saturated carbocycles. The largest absolute Gasteiger partial charge is 2.00 e. The summed E-state index contributed by atoms with van der Waals surface area (Å²) in [5.41, 5.74) is 5.57. The van der Waals surface area contributed by atoms with Crippen LogP contribution in [0, 0.1) is 0 Å². The topological polar surface area (TPSA) is 38.7 Å². The minimum absolute atomic E-state index is 0. The van der Waals surface area contributed by atoms with Crippen LogP contribution in [0.25, 0.3) is 33.9 Å². The first-order valence-electron chi connectivity index (χ1n) is 7.90. The van der Waals surface area contributed by atoms with Gasteiger partial charge in [0.1, 0.15) is 0 Å². The number of hydrogen-bond acceptors (Lipinski definition) is 3. The molecule has 1 aromatic carbocycles. The number of hydrogen-bond donors (Lipinski definition) is 0. The first kappa shape index (κ1) is 18.5. The van der Waals surface area contributed by atoms with Crippen LogP contribution in [0.15, 0.2) is 89.7 Å². The van der Waals surface area contributed by atoms with Crippen LogP contribution >= 0.6 is 15.9 Å². The number of halogens is 1. The SMILES string of the molecule is Brc1ccc(-c2cc(-c3ccccn3)nc(-c3ccccn3)c2)cc1.[Cu+2].